The Kier molecular flexibility index (Phi) is 6.02. The van der Waals surface area contributed by atoms with Crippen LogP contribution in [0.3, 0.4) is 0 Å². The fourth-order valence-electron chi connectivity index (χ4n) is 1.93. The van der Waals surface area contributed by atoms with E-state index < -0.39 is 0 Å². The van der Waals surface area contributed by atoms with Crippen molar-refractivity contribution in [2.75, 3.05) is 17.6 Å². The van der Waals surface area contributed by atoms with Crippen LogP contribution in [0.5, 0.6) is 0 Å². The Balaban J connectivity index is 1.69. The van der Waals surface area contributed by atoms with E-state index in [9.17, 15) is 9.59 Å². The second kappa shape index (κ2) is 7.77. The van der Waals surface area contributed by atoms with Crippen LogP contribution in [-0.2, 0) is 9.59 Å². The first-order valence-electron chi connectivity index (χ1n) is 6.59. The van der Waals surface area contributed by atoms with Crippen molar-refractivity contribution in [3.63, 3.8) is 0 Å². The van der Waals surface area contributed by atoms with Gasteiger partial charge in [-0.1, -0.05) is 47.7 Å². The summed E-state index contributed by atoms with van der Waals surface area (Å²) in [6.07, 6.45) is 1.85. The maximum atomic E-state index is 11.8. The first-order valence-corrected chi connectivity index (χ1v) is 8.36. The SMILES string of the molecule is O=C(CCCCN1C(=O)CSC1=S)Nc1ccccc1Cl. The number of nitrogens with one attached hydrogen (secondary N) is 1. The van der Waals surface area contributed by atoms with Gasteiger partial charge in [-0.05, 0) is 25.0 Å². The van der Waals surface area contributed by atoms with Crippen LogP contribution in [0.4, 0.5) is 5.69 Å². The minimum absolute atomic E-state index is 0.0607. The molecule has 112 valence electrons. The second-order valence-electron chi connectivity index (χ2n) is 4.59. The Labute approximate surface area is 138 Å². The number of halogens is 1. The van der Waals surface area contributed by atoms with Gasteiger partial charge in [0.2, 0.25) is 11.8 Å². The van der Waals surface area contributed by atoms with E-state index in [0.717, 1.165) is 6.42 Å². The first-order chi connectivity index (χ1) is 10.1. The minimum atomic E-state index is -0.0761. The van der Waals surface area contributed by atoms with Gasteiger partial charge in [0.15, 0.2) is 0 Å². The van der Waals surface area contributed by atoms with Crippen molar-refractivity contribution in [3.8, 4) is 0 Å². The van der Waals surface area contributed by atoms with Crippen LogP contribution in [-0.4, -0.2) is 33.3 Å². The number of carbonyl (C=O) groups is 2. The van der Waals surface area contributed by atoms with Crippen molar-refractivity contribution in [2.24, 2.45) is 0 Å². The van der Waals surface area contributed by atoms with Crippen LogP contribution in [0.15, 0.2) is 24.3 Å². The monoisotopic (exact) mass is 342 g/mol. The maximum Gasteiger partial charge on any atom is 0.238 e. The van der Waals surface area contributed by atoms with E-state index in [1.807, 2.05) is 12.1 Å². The predicted octanol–water partition coefficient (Wildman–Crippen LogP) is 3.31. The van der Waals surface area contributed by atoms with Gasteiger partial charge < -0.3 is 5.32 Å². The molecule has 1 aliphatic rings. The molecule has 1 N–H and O–H groups in total. The molecule has 2 amide bonds. The zero-order valence-corrected chi connectivity index (χ0v) is 13.7. The van der Waals surface area contributed by atoms with Crippen molar-refractivity contribution in [3.05, 3.63) is 29.3 Å². The molecular weight excluding hydrogens is 328 g/mol. The fraction of sp³-hybridized carbons (Fsp3) is 0.357. The van der Waals surface area contributed by atoms with Gasteiger partial charge in [-0.2, -0.15) is 0 Å². The third-order valence-corrected chi connectivity index (χ3v) is 4.79. The molecule has 0 saturated carbocycles. The highest BCUT2D eigenvalue weighted by molar-refractivity contribution is 8.23. The van der Waals surface area contributed by atoms with Gasteiger partial charge in [0.05, 0.1) is 16.5 Å². The Morgan fingerprint density at radius 3 is 2.81 bits per heavy atom. The Hall–Kier alpha value is -1.11. The summed E-state index contributed by atoms with van der Waals surface area (Å²) in [7, 11) is 0. The quantitative estimate of drug-likeness (QED) is 0.636. The molecule has 0 aliphatic carbocycles. The zero-order chi connectivity index (χ0) is 15.2. The van der Waals surface area contributed by atoms with E-state index in [0.29, 0.717) is 40.2 Å². The molecule has 0 spiro atoms. The lowest BCUT2D eigenvalue weighted by Gasteiger charge is -2.14. The van der Waals surface area contributed by atoms with E-state index >= 15 is 0 Å². The summed E-state index contributed by atoms with van der Waals surface area (Å²) >= 11 is 12.5. The van der Waals surface area contributed by atoms with Crippen molar-refractivity contribution >= 4 is 57.4 Å². The molecule has 1 aromatic rings. The number of para-hydroxylation sites is 1. The number of amides is 2. The molecule has 7 heteroatoms. The van der Waals surface area contributed by atoms with Crippen LogP contribution in [0.25, 0.3) is 0 Å². The third kappa shape index (κ3) is 4.69. The lowest BCUT2D eigenvalue weighted by molar-refractivity contribution is -0.124. The number of thiocarbonyl (C=S) groups is 1. The van der Waals surface area contributed by atoms with Crippen LogP contribution < -0.4 is 5.32 Å². The molecule has 1 fully saturated rings. The van der Waals surface area contributed by atoms with Gasteiger partial charge >= 0.3 is 0 Å². The van der Waals surface area contributed by atoms with Crippen molar-refractivity contribution in [2.45, 2.75) is 19.3 Å². The molecule has 0 radical (unpaired) electrons. The van der Waals surface area contributed by atoms with Gasteiger partial charge in [0, 0.05) is 13.0 Å². The molecule has 1 aromatic carbocycles. The van der Waals surface area contributed by atoms with E-state index in [1.165, 1.54) is 11.8 Å². The van der Waals surface area contributed by atoms with Gasteiger partial charge in [-0.25, -0.2) is 0 Å². The average Bonchev–Trinajstić information content (AvgIpc) is 2.77. The molecular formula is C14H15ClN2O2S2. The molecule has 1 heterocycles. The summed E-state index contributed by atoms with van der Waals surface area (Å²) in [4.78, 5) is 24.9. The Morgan fingerprint density at radius 1 is 1.38 bits per heavy atom. The highest BCUT2D eigenvalue weighted by atomic mass is 35.5. The number of rotatable bonds is 6. The number of thioether (sulfide) groups is 1. The molecule has 0 aromatic heterocycles. The Bertz CT molecular complexity index is 550. The summed E-state index contributed by atoms with van der Waals surface area (Å²) in [5.41, 5.74) is 0.622. The molecule has 2 rings (SSSR count). The summed E-state index contributed by atoms with van der Waals surface area (Å²) in [5, 5.41) is 3.30. The number of benzene rings is 1. The topological polar surface area (TPSA) is 49.4 Å². The van der Waals surface area contributed by atoms with Gasteiger partial charge in [0.1, 0.15) is 4.32 Å². The van der Waals surface area contributed by atoms with Gasteiger partial charge in [-0.3, -0.25) is 14.5 Å². The van der Waals surface area contributed by atoms with Crippen molar-refractivity contribution < 1.29 is 9.59 Å². The maximum absolute atomic E-state index is 11.8. The van der Waals surface area contributed by atoms with E-state index in [1.54, 1.807) is 17.0 Å². The van der Waals surface area contributed by atoms with E-state index in [4.69, 9.17) is 23.8 Å². The largest absolute Gasteiger partial charge is 0.325 e. The Morgan fingerprint density at radius 2 is 2.14 bits per heavy atom. The number of hydrogen-bond donors (Lipinski definition) is 1. The molecule has 4 nitrogen and oxygen atoms in total. The molecule has 0 unspecified atom stereocenters. The van der Waals surface area contributed by atoms with Crippen LogP contribution in [0.1, 0.15) is 19.3 Å². The van der Waals surface area contributed by atoms with Crippen molar-refractivity contribution in [1.82, 2.24) is 4.90 Å². The van der Waals surface area contributed by atoms with Gasteiger partial charge in [0.25, 0.3) is 0 Å². The normalized spacial score (nSPS) is 14.6. The fourth-order valence-corrected chi connectivity index (χ4v) is 3.23. The van der Waals surface area contributed by atoms with E-state index in [2.05, 4.69) is 5.32 Å². The van der Waals surface area contributed by atoms with Crippen LogP contribution in [0.2, 0.25) is 5.02 Å². The molecule has 0 bridgehead atoms. The smallest absolute Gasteiger partial charge is 0.238 e. The summed E-state index contributed by atoms with van der Waals surface area (Å²) in [5.74, 6) is 0.421. The lowest BCUT2D eigenvalue weighted by atomic mass is 10.2. The molecule has 1 saturated heterocycles. The minimum Gasteiger partial charge on any atom is -0.325 e. The predicted molar refractivity (Wildman–Crippen MR) is 90.7 cm³/mol. The molecule has 1 aliphatic heterocycles. The second-order valence-corrected chi connectivity index (χ2v) is 6.60. The average molecular weight is 343 g/mol. The number of nitrogens with zero attached hydrogens (tertiary/aromatic N) is 1. The standard InChI is InChI=1S/C14H15ClN2O2S2/c15-10-5-1-2-6-11(10)16-12(18)7-3-4-8-17-13(19)9-21-14(17)20/h1-2,5-6H,3-4,7-9H2,(H,16,18). The van der Waals surface area contributed by atoms with E-state index in [-0.39, 0.29) is 11.8 Å². The summed E-state index contributed by atoms with van der Waals surface area (Å²) < 4.78 is 0.639. The number of unbranched alkanes of at least 4 members (excludes halogenated alkanes) is 1. The zero-order valence-electron chi connectivity index (χ0n) is 11.3. The van der Waals surface area contributed by atoms with Crippen molar-refractivity contribution in [1.29, 1.82) is 0 Å². The number of carbonyl (C=O) groups excluding carboxylic acids is 2. The van der Waals surface area contributed by atoms with Crippen LogP contribution >= 0.6 is 35.6 Å². The summed E-state index contributed by atoms with van der Waals surface area (Å²) in [6, 6.07) is 7.12. The number of hydrogen-bond acceptors (Lipinski definition) is 4. The molecule has 0 atom stereocenters. The number of anilines is 1. The van der Waals surface area contributed by atoms with Gasteiger partial charge in [-0.15, -0.1) is 0 Å². The highest BCUT2D eigenvalue weighted by Crippen LogP contribution is 2.21. The lowest BCUT2D eigenvalue weighted by Crippen LogP contribution is -2.29. The third-order valence-electron chi connectivity index (χ3n) is 3.02. The highest BCUT2D eigenvalue weighted by Gasteiger charge is 2.25. The first kappa shape index (κ1) is 16.3. The van der Waals surface area contributed by atoms with Crippen LogP contribution in [0, 0.1) is 0 Å². The summed E-state index contributed by atoms with van der Waals surface area (Å²) in [6.45, 7) is 0.587. The molecule has 21 heavy (non-hydrogen) atoms.